The van der Waals surface area contributed by atoms with E-state index in [9.17, 15) is 0 Å². The summed E-state index contributed by atoms with van der Waals surface area (Å²) in [5, 5.41) is 0. The first kappa shape index (κ1) is 10.8. The molecule has 15 heavy (non-hydrogen) atoms. The Morgan fingerprint density at radius 2 is 1.40 bits per heavy atom. The summed E-state index contributed by atoms with van der Waals surface area (Å²) in [5.74, 6) is 0. The van der Waals surface area contributed by atoms with E-state index in [1.165, 1.54) is 54.8 Å². The van der Waals surface area contributed by atoms with Crippen molar-refractivity contribution >= 4 is 33.4 Å². The average molecular weight is 336 g/mol. The van der Waals surface area contributed by atoms with Gasteiger partial charge in [0.1, 0.15) is 0 Å². The van der Waals surface area contributed by atoms with E-state index in [0.29, 0.717) is 0 Å². The Kier molecular flexibility index (Phi) is 3.55. The molecule has 2 saturated heterocycles. The molecule has 3 fully saturated rings. The molecule has 2 aliphatic heterocycles. The van der Waals surface area contributed by atoms with Crippen molar-refractivity contribution in [2.45, 2.75) is 54.6 Å². The summed E-state index contributed by atoms with van der Waals surface area (Å²) in [7, 11) is 0. The zero-order valence-electron chi connectivity index (χ0n) is 9.28. The SMILES string of the molecule is C1CC[N+](=C2[Se]C3CCCCC3[Se]2)CC1. The molecule has 3 rings (SSSR count). The van der Waals surface area contributed by atoms with Crippen molar-refractivity contribution < 1.29 is 4.58 Å². The summed E-state index contributed by atoms with van der Waals surface area (Å²) < 4.78 is 4.76. The van der Waals surface area contributed by atoms with E-state index in [1.54, 1.807) is 12.8 Å². The van der Waals surface area contributed by atoms with Crippen LogP contribution in [0, 0.1) is 0 Å². The molecule has 84 valence electrons. The van der Waals surface area contributed by atoms with Gasteiger partial charge in [0.25, 0.3) is 0 Å². The van der Waals surface area contributed by atoms with Crippen molar-refractivity contribution in [2.24, 2.45) is 0 Å². The Morgan fingerprint density at radius 3 is 2.00 bits per heavy atom. The number of rotatable bonds is 0. The molecule has 0 aromatic heterocycles. The van der Waals surface area contributed by atoms with Crippen LogP contribution in [0.25, 0.3) is 0 Å². The van der Waals surface area contributed by atoms with Crippen LogP contribution >= 0.6 is 0 Å². The Labute approximate surface area is 105 Å². The first-order chi connectivity index (χ1) is 7.43. The molecule has 0 amide bonds. The van der Waals surface area contributed by atoms with E-state index in [-0.39, 0.29) is 0 Å². The fraction of sp³-hybridized carbons (Fsp3) is 0.917. The fourth-order valence-electron chi connectivity index (χ4n) is 2.84. The molecular formula is C12H20NSe2+. The molecule has 0 radical (unpaired) electrons. The second kappa shape index (κ2) is 4.92. The number of nitrogens with zero attached hydrogens (tertiary/aromatic N) is 1. The van der Waals surface area contributed by atoms with E-state index in [4.69, 9.17) is 0 Å². The van der Waals surface area contributed by atoms with Crippen LogP contribution in [0.1, 0.15) is 44.9 Å². The van der Waals surface area contributed by atoms with Gasteiger partial charge in [-0.2, -0.15) is 0 Å². The van der Waals surface area contributed by atoms with E-state index < -0.39 is 0 Å². The van der Waals surface area contributed by atoms with Crippen molar-refractivity contribution in [2.75, 3.05) is 13.1 Å². The summed E-state index contributed by atoms with van der Waals surface area (Å²) in [6.07, 6.45) is 10.6. The van der Waals surface area contributed by atoms with Gasteiger partial charge in [0.05, 0.1) is 0 Å². The monoisotopic (exact) mass is 338 g/mol. The summed E-state index contributed by atoms with van der Waals surface area (Å²) >= 11 is 1.81. The number of hydrogen-bond acceptors (Lipinski definition) is 0. The van der Waals surface area contributed by atoms with Gasteiger partial charge in [0, 0.05) is 0 Å². The van der Waals surface area contributed by atoms with Crippen LogP contribution in [-0.2, 0) is 0 Å². The van der Waals surface area contributed by atoms with Crippen molar-refractivity contribution in [3.8, 4) is 0 Å². The molecular weight excluding hydrogens is 316 g/mol. The Balaban J connectivity index is 1.72. The van der Waals surface area contributed by atoms with Crippen LogP contribution in [0.2, 0.25) is 9.63 Å². The molecule has 3 heteroatoms. The van der Waals surface area contributed by atoms with Gasteiger partial charge in [-0.05, 0) is 0 Å². The number of piperidine rings is 1. The van der Waals surface area contributed by atoms with Crippen LogP contribution in [-0.4, -0.2) is 51.1 Å². The maximum absolute atomic E-state index is 2.79. The minimum atomic E-state index is 0.905. The third kappa shape index (κ3) is 2.36. The first-order valence-corrected chi connectivity index (χ1v) is 10.1. The molecule has 2 heterocycles. The molecule has 3 aliphatic rings. The molecule has 0 N–H and O–H groups in total. The second-order valence-corrected chi connectivity index (χ2v) is 11.4. The minimum absolute atomic E-state index is 0.905. The van der Waals surface area contributed by atoms with Gasteiger partial charge >= 0.3 is 106 Å². The van der Waals surface area contributed by atoms with Crippen LogP contribution in [0.3, 0.4) is 0 Å². The predicted molar refractivity (Wildman–Crippen MR) is 66.3 cm³/mol. The van der Waals surface area contributed by atoms with E-state index in [0.717, 1.165) is 29.9 Å². The predicted octanol–water partition coefficient (Wildman–Crippen LogP) is 2.11. The van der Waals surface area contributed by atoms with Crippen molar-refractivity contribution in [1.82, 2.24) is 0 Å². The third-order valence-electron chi connectivity index (χ3n) is 3.76. The standard InChI is InChI=1S/C12H20NSe2/c1-4-8-13(9-5-1)12-14-10-6-2-3-7-11(10)15-12/h10-11H,1-9H2/q+1. The van der Waals surface area contributed by atoms with E-state index in [2.05, 4.69) is 4.58 Å². The molecule has 1 aliphatic carbocycles. The molecule has 2 atom stereocenters. The van der Waals surface area contributed by atoms with E-state index in [1.807, 2.05) is 3.51 Å². The fourth-order valence-corrected chi connectivity index (χ4v) is 12.4. The van der Waals surface area contributed by atoms with Gasteiger partial charge in [0.15, 0.2) is 0 Å². The maximum atomic E-state index is 2.79. The Hall–Kier alpha value is 0.709. The molecule has 0 bridgehead atoms. The van der Waals surface area contributed by atoms with Gasteiger partial charge < -0.3 is 0 Å². The normalized spacial score (nSPS) is 36.8. The van der Waals surface area contributed by atoms with Crippen molar-refractivity contribution in [3.05, 3.63) is 0 Å². The van der Waals surface area contributed by atoms with Gasteiger partial charge in [0.2, 0.25) is 0 Å². The third-order valence-corrected chi connectivity index (χ3v) is 12.3. The first-order valence-electron chi connectivity index (χ1n) is 6.39. The van der Waals surface area contributed by atoms with Gasteiger partial charge in [-0.3, -0.25) is 0 Å². The zero-order chi connectivity index (χ0) is 10.1. The summed E-state index contributed by atoms with van der Waals surface area (Å²) in [6, 6.07) is 0. The molecule has 0 spiro atoms. The molecule has 1 saturated carbocycles. The topological polar surface area (TPSA) is 3.01 Å². The van der Waals surface area contributed by atoms with Crippen LogP contribution < -0.4 is 0 Å². The molecule has 0 aromatic carbocycles. The Bertz CT molecular complexity index is 251. The van der Waals surface area contributed by atoms with Gasteiger partial charge in [-0.15, -0.1) is 0 Å². The molecule has 1 nitrogen and oxygen atoms in total. The second-order valence-electron chi connectivity index (χ2n) is 4.91. The van der Waals surface area contributed by atoms with Gasteiger partial charge in [-0.1, -0.05) is 0 Å². The van der Waals surface area contributed by atoms with Crippen molar-refractivity contribution in [1.29, 1.82) is 0 Å². The average Bonchev–Trinajstić information content (AvgIpc) is 2.74. The van der Waals surface area contributed by atoms with Crippen LogP contribution in [0.4, 0.5) is 0 Å². The zero-order valence-corrected chi connectivity index (χ0v) is 12.7. The van der Waals surface area contributed by atoms with E-state index >= 15 is 0 Å². The summed E-state index contributed by atoms with van der Waals surface area (Å²) in [6.45, 7) is 2.80. The number of hydrogen-bond donors (Lipinski definition) is 0. The van der Waals surface area contributed by atoms with Crippen molar-refractivity contribution in [3.63, 3.8) is 0 Å². The molecule has 2 unspecified atom stereocenters. The summed E-state index contributed by atoms with van der Waals surface area (Å²) in [4.78, 5) is 2.34. The van der Waals surface area contributed by atoms with Gasteiger partial charge in [-0.25, -0.2) is 0 Å². The molecule has 0 aromatic rings. The number of fused-ring (bicyclic) bond motifs is 1. The van der Waals surface area contributed by atoms with Crippen LogP contribution in [0.15, 0.2) is 0 Å². The summed E-state index contributed by atoms with van der Waals surface area (Å²) in [5.41, 5.74) is 0. The van der Waals surface area contributed by atoms with Crippen LogP contribution in [0.5, 0.6) is 0 Å². The Morgan fingerprint density at radius 1 is 0.800 bits per heavy atom. The quantitative estimate of drug-likeness (QED) is 0.471.